The van der Waals surface area contributed by atoms with E-state index in [1.807, 2.05) is 18.2 Å². The number of amides is 2. The van der Waals surface area contributed by atoms with Crippen LogP contribution in [0.2, 0.25) is 0 Å². The molecule has 1 saturated heterocycles. The largest absolute Gasteiger partial charge is 0.329 e. The van der Waals surface area contributed by atoms with E-state index in [2.05, 4.69) is 12.2 Å². The first-order chi connectivity index (χ1) is 10.0. The monoisotopic (exact) mass is 287 g/mol. The lowest BCUT2D eigenvalue weighted by Gasteiger charge is -2.21. The molecule has 3 rings (SSSR count). The SMILES string of the molecule is CCc1ccc2c(c1)n(C)c(=O)n2C1CCC(=O)NC1=O. The molecule has 1 atom stereocenters. The van der Waals surface area contributed by atoms with Gasteiger partial charge in [0.15, 0.2) is 0 Å². The molecule has 1 aromatic heterocycles. The number of nitrogens with one attached hydrogen (secondary N) is 1. The van der Waals surface area contributed by atoms with Crippen molar-refractivity contribution in [2.45, 2.75) is 32.2 Å². The van der Waals surface area contributed by atoms with Crippen LogP contribution in [0, 0.1) is 0 Å². The first kappa shape index (κ1) is 13.6. The number of imidazole rings is 1. The van der Waals surface area contributed by atoms with Gasteiger partial charge in [-0.3, -0.25) is 24.0 Å². The van der Waals surface area contributed by atoms with Crippen LogP contribution in [0.4, 0.5) is 0 Å². The molecule has 21 heavy (non-hydrogen) atoms. The maximum atomic E-state index is 12.5. The predicted molar refractivity (Wildman–Crippen MR) is 78.0 cm³/mol. The Morgan fingerprint density at radius 2 is 2.00 bits per heavy atom. The van der Waals surface area contributed by atoms with Crippen molar-refractivity contribution in [2.75, 3.05) is 0 Å². The van der Waals surface area contributed by atoms with Gasteiger partial charge in [-0.2, -0.15) is 0 Å². The molecule has 110 valence electrons. The number of aromatic nitrogens is 2. The van der Waals surface area contributed by atoms with E-state index in [9.17, 15) is 14.4 Å². The van der Waals surface area contributed by atoms with E-state index in [0.29, 0.717) is 6.42 Å². The zero-order valence-corrected chi connectivity index (χ0v) is 12.0. The minimum Gasteiger partial charge on any atom is -0.295 e. The molecule has 1 unspecified atom stereocenters. The van der Waals surface area contributed by atoms with Gasteiger partial charge >= 0.3 is 5.69 Å². The Morgan fingerprint density at radius 3 is 2.67 bits per heavy atom. The Morgan fingerprint density at radius 1 is 1.24 bits per heavy atom. The van der Waals surface area contributed by atoms with Crippen LogP contribution in [0.5, 0.6) is 0 Å². The minimum atomic E-state index is -0.619. The van der Waals surface area contributed by atoms with E-state index in [-0.39, 0.29) is 18.0 Å². The number of aryl methyl sites for hydroxylation is 2. The van der Waals surface area contributed by atoms with Crippen molar-refractivity contribution in [2.24, 2.45) is 7.05 Å². The quantitative estimate of drug-likeness (QED) is 0.833. The van der Waals surface area contributed by atoms with E-state index < -0.39 is 11.9 Å². The Balaban J connectivity index is 2.19. The summed E-state index contributed by atoms with van der Waals surface area (Å²) in [6.45, 7) is 2.05. The maximum Gasteiger partial charge on any atom is 0.329 e. The van der Waals surface area contributed by atoms with E-state index in [4.69, 9.17) is 0 Å². The molecule has 1 aromatic carbocycles. The normalized spacial score (nSPS) is 19.0. The fourth-order valence-corrected chi connectivity index (χ4v) is 2.86. The third-order valence-corrected chi connectivity index (χ3v) is 4.08. The summed E-state index contributed by atoms with van der Waals surface area (Å²) in [7, 11) is 1.70. The molecule has 0 saturated carbocycles. The summed E-state index contributed by atoms with van der Waals surface area (Å²) >= 11 is 0. The molecule has 1 fully saturated rings. The van der Waals surface area contributed by atoms with Crippen LogP contribution in [-0.2, 0) is 23.1 Å². The second-order valence-corrected chi connectivity index (χ2v) is 5.36. The molecule has 6 heteroatoms. The molecule has 0 spiro atoms. The number of nitrogens with zero attached hydrogens (tertiary/aromatic N) is 2. The maximum absolute atomic E-state index is 12.5. The molecule has 0 radical (unpaired) electrons. The first-order valence-electron chi connectivity index (χ1n) is 7.06. The van der Waals surface area contributed by atoms with Crippen LogP contribution in [0.15, 0.2) is 23.0 Å². The van der Waals surface area contributed by atoms with Gasteiger partial charge < -0.3 is 0 Å². The van der Waals surface area contributed by atoms with Gasteiger partial charge in [-0.25, -0.2) is 4.79 Å². The number of imide groups is 1. The van der Waals surface area contributed by atoms with Crippen molar-refractivity contribution in [3.63, 3.8) is 0 Å². The van der Waals surface area contributed by atoms with Gasteiger partial charge in [0.2, 0.25) is 11.8 Å². The predicted octanol–water partition coefficient (Wildman–Crippen LogP) is 0.880. The molecule has 1 N–H and O–H groups in total. The Labute approximate surface area is 121 Å². The Bertz CT molecular complexity index is 800. The van der Waals surface area contributed by atoms with Crippen LogP contribution < -0.4 is 11.0 Å². The van der Waals surface area contributed by atoms with Crippen LogP contribution in [0.3, 0.4) is 0 Å². The Kier molecular flexibility index (Phi) is 3.16. The number of hydrogen-bond donors (Lipinski definition) is 1. The molecule has 2 heterocycles. The second-order valence-electron chi connectivity index (χ2n) is 5.36. The lowest BCUT2D eigenvalue weighted by Crippen LogP contribution is -2.44. The van der Waals surface area contributed by atoms with Crippen molar-refractivity contribution in [3.05, 3.63) is 34.2 Å². The fourth-order valence-electron chi connectivity index (χ4n) is 2.86. The molecule has 1 aliphatic heterocycles. The summed E-state index contributed by atoms with van der Waals surface area (Å²) in [6, 6.07) is 5.19. The highest BCUT2D eigenvalue weighted by molar-refractivity contribution is 6.00. The molecule has 0 aliphatic carbocycles. The van der Waals surface area contributed by atoms with E-state index in [1.54, 1.807) is 11.6 Å². The third kappa shape index (κ3) is 2.07. The number of carbonyl (C=O) groups is 2. The van der Waals surface area contributed by atoms with Crippen LogP contribution >= 0.6 is 0 Å². The van der Waals surface area contributed by atoms with Crippen molar-refractivity contribution in [3.8, 4) is 0 Å². The molecular weight excluding hydrogens is 270 g/mol. The highest BCUT2D eigenvalue weighted by atomic mass is 16.2. The highest BCUT2D eigenvalue weighted by Gasteiger charge is 2.31. The summed E-state index contributed by atoms with van der Waals surface area (Å²) in [6.07, 6.45) is 1.50. The number of hydrogen-bond acceptors (Lipinski definition) is 3. The van der Waals surface area contributed by atoms with E-state index in [1.165, 1.54) is 4.57 Å². The van der Waals surface area contributed by atoms with Crippen LogP contribution in [-0.4, -0.2) is 20.9 Å². The second kappa shape index (κ2) is 4.87. The number of benzene rings is 1. The summed E-state index contributed by atoms with van der Waals surface area (Å²) in [4.78, 5) is 35.8. The molecule has 6 nitrogen and oxygen atoms in total. The van der Waals surface area contributed by atoms with Crippen LogP contribution in [0.25, 0.3) is 11.0 Å². The number of piperidine rings is 1. The van der Waals surface area contributed by atoms with Crippen molar-refractivity contribution >= 4 is 22.8 Å². The summed E-state index contributed by atoms with van der Waals surface area (Å²) < 4.78 is 3.05. The summed E-state index contributed by atoms with van der Waals surface area (Å²) in [5.41, 5.74) is 2.45. The molecule has 2 amide bonds. The van der Waals surface area contributed by atoms with E-state index in [0.717, 1.165) is 23.0 Å². The standard InChI is InChI=1S/C15H17N3O3/c1-3-9-4-5-10-12(8-9)17(2)15(21)18(10)11-6-7-13(19)16-14(11)20/h4-5,8,11H,3,6-7H2,1-2H3,(H,16,19,20). The van der Waals surface area contributed by atoms with Crippen molar-refractivity contribution in [1.82, 2.24) is 14.5 Å². The smallest absolute Gasteiger partial charge is 0.295 e. The molecule has 2 aromatic rings. The third-order valence-electron chi connectivity index (χ3n) is 4.08. The molecular formula is C15H17N3O3. The van der Waals surface area contributed by atoms with Gasteiger partial charge in [0.25, 0.3) is 0 Å². The summed E-state index contributed by atoms with van der Waals surface area (Å²) in [5, 5.41) is 2.30. The Hall–Kier alpha value is -2.37. The van der Waals surface area contributed by atoms with E-state index >= 15 is 0 Å². The van der Waals surface area contributed by atoms with Gasteiger partial charge in [-0.15, -0.1) is 0 Å². The lowest BCUT2D eigenvalue weighted by atomic mass is 10.1. The number of rotatable bonds is 2. The lowest BCUT2D eigenvalue weighted by molar-refractivity contribution is -0.135. The van der Waals surface area contributed by atoms with Crippen molar-refractivity contribution < 1.29 is 9.59 Å². The van der Waals surface area contributed by atoms with Gasteiger partial charge in [-0.1, -0.05) is 13.0 Å². The summed E-state index contributed by atoms with van der Waals surface area (Å²) in [5.74, 6) is -0.682. The topological polar surface area (TPSA) is 73.1 Å². The number of fused-ring (bicyclic) bond motifs is 1. The van der Waals surface area contributed by atoms with Crippen molar-refractivity contribution in [1.29, 1.82) is 0 Å². The van der Waals surface area contributed by atoms with Gasteiger partial charge in [-0.05, 0) is 30.5 Å². The number of carbonyl (C=O) groups excluding carboxylic acids is 2. The average Bonchev–Trinajstić information content (AvgIpc) is 2.71. The average molecular weight is 287 g/mol. The molecule has 0 bridgehead atoms. The van der Waals surface area contributed by atoms with Gasteiger partial charge in [0.1, 0.15) is 6.04 Å². The van der Waals surface area contributed by atoms with Crippen LogP contribution in [0.1, 0.15) is 31.4 Å². The van der Waals surface area contributed by atoms with Gasteiger partial charge in [0, 0.05) is 13.5 Å². The van der Waals surface area contributed by atoms with Gasteiger partial charge in [0.05, 0.1) is 11.0 Å². The first-order valence-corrected chi connectivity index (χ1v) is 7.06. The minimum absolute atomic E-state index is 0.229. The zero-order chi connectivity index (χ0) is 15.1. The zero-order valence-electron chi connectivity index (χ0n) is 12.0. The highest BCUT2D eigenvalue weighted by Crippen LogP contribution is 2.23. The fraction of sp³-hybridized carbons (Fsp3) is 0.400. The molecule has 1 aliphatic rings.